The van der Waals surface area contributed by atoms with Crippen molar-refractivity contribution >= 4 is 22.7 Å². The Morgan fingerprint density at radius 1 is 1.45 bits per heavy atom. The third-order valence-corrected chi connectivity index (χ3v) is 4.76. The van der Waals surface area contributed by atoms with E-state index in [0.29, 0.717) is 18.0 Å². The molecule has 2 N–H and O–H groups in total. The number of thiazole rings is 1. The molecule has 114 valence electrons. The number of amidine groups is 1. The molecule has 1 unspecified atom stereocenters. The topological polar surface area (TPSA) is 73.1 Å². The molecule has 2 aromatic heterocycles. The fourth-order valence-corrected chi connectivity index (χ4v) is 3.47. The van der Waals surface area contributed by atoms with Gasteiger partial charge in [0.1, 0.15) is 16.6 Å². The second-order valence-electron chi connectivity index (χ2n) is 5.27. The lowest BCUT2D eigenvalue weighted by Gasteiger charge is -2.24. The molecule has 3 rings (SSSR count). The third-order valence-electron chi connectivity index (χ3n) is 3.85. The molecule has 0 saturated carbocycles. The molecule has 2 aromatic rings. The highest BCUT2D eigenvalue weighted by molar-refractivity contribution is 7.11. The smallest absolute Gasteiger partial charge is 0.135 e. The van der Waals surface area contributed by atoms with Crippen LogP contribution in [0, 0.1) is 5.41 Å². The van der Waals surface area contributed by atoms with E-state index < -0.39 is 0 Å². The Balaban J connectivity index is 1.88. The molecule has 22 heavy (non-hydrogen) atoms. The van der Waals surface area contributed by atoms with E-state index >= 15 is 0 Å². The highest BCUT2D eigenvalue weighted by Crippen LogP contribution is 2.34. The Kier molecular flexibility index (Phi) is 3.94. The molecule has 0 aliphatic carbocycles. The SMILES string of the molecule is CCc1csc(C2=C(O)C(C)N(Cc3cccnc3)C2=N)n1. The summed E-state index contributed by atoms with van der Waals surface area (Å²) < 4.78 is 0. The van der Waals surface area contributed by atoms with Gasteiger partial charge < -0.3 is 10.0 Å². The average Bonchev–Trinajstić information content (AvgIpc) is 3.08. The van der Waals surface area contributed by atoms with Gasteiger partial charge in [0, 0.05) is 24.3 Å². The van der Waals surface area contributed by atoms with E-state index in [1.54, 1.807) is 12.4 Å². The molecular formula is C16H18N4OS. The molecule has 3 heterocycles. The van der Waals surface area contributed by atoms with Crippen LogP contribution < -0.4 is 0 Å². The van der Waals surface area contributed by atoms with Crippen molar-refractivity contribution in [3.05, 3.63) is 51.9 Å². The van der Waals surface area contributed by atoms with E-state index in [1.165, 1.54) is 11.3 Å². The molecule has 0 bridgehead atoms. The third kappa shape index (κ3) is 2.50. The molecule has 0 amide bonds. The van der Waals surface area contributed by atoms with Crippen LogP contribution in [-0.4, -0.2) is 31.9 Å². The number of hydrogen-bond acceptors (Lipinski definition) is 5. The first-order chi connectivity index (χ1) is 10.6. The van der Waals surface area contributed by atoms with Gasteiger partial charge in [0.15, 0.2) is 0 Å². The van der Waals surface area contributed by atoms with Gasteiger partial charge in [-0.25, -0.2) is 4.98 Å². The molecule has 0 saturated heterocycles. The zero-order chi connectivity index (χ0) is 15.7. The number of aryl methyl sites for hydroxylation is 1. The molecule has 0 spiro atoms. The lowest BCUT2D eigenvalue weighted by atomic mass is 10.2. The number of aromatic nitrogens is 2. The van der Waals surface area contributed by atoms with E-state index in [4.69, 9.17) is 5.41 Å². The number of nitrogens with one attached hydrogen (secondary N) is 1. The summed E-state index contributed by atoms with van der Waals surface area (Å²) in [5.74, 6) is 0.553. The van der Waals surface area contributed by atoms with E-state index in [-0.39, 0.29) is 11.8 Å². The standard InChI is InChI=1S/C16H18N4OS/c1-3-12-9-22-16(19-12)13-14(21)10(2)20(15(13)17)8-11-5-4-6-18-7-11/h4-7,9-10,17,21H,3,8H2,1-2H3. The van der Waals surface area contributed by atoms with Crippen LogP contribution in [-0.2, 0) is 13.0 Å². The number of aliphatic hydroxyl groups is 1. The van der Waals surface area contributed by atoms with Crippen LogP contribution in [0.3, 0.4) is 0 Å². The first-order valence-corrected chi connectivity index (χ1v) is 8.12. The van der Waals surface area contributed by atoms with E-state index in [1.807, 2.05) is 36.3 Å². The van der Waals surface area contributed by atoms with Crippen molar-refractivity contribution in [1.29, 1.82) is 5.41 Å². The lowest BCUT2D eigenvalue weighted by molar-refractivity contribution is 0.281. The zero-order valence-corrected chi connectivity index (χ0v) is 13.4. The fourth-order valence-electron chi connectivity index (χ4n) is 2.51. The maximum absolute atomic E-state index is 10.5. The Labute approximate surface area is 133 Å². The van der Waals surface area contributed by atoms with E-state index in [9.17, 15) is 5.11 Å². The number of aliphatic hydroxyl groups excluding tert-OH is 1. The van der Waals surface area contributed by atoms with E-state index in [0.717, 1.165) is 22.7 Å². The summed E-state index contributed by atoms with van der Waals surface area (Å²) >= 11 is 1.48. The van der Waals surface area contributed by atoms with Crippen LogP contribution in [0.15, 0.2) is 35.7 Å². The summed E-state index contributed by atoms with van der Waals surface area (Å²) in [6, 6.07) is 3.62. The van der Waals surface area contributed by atoms with Crippen molar-refractivity contribution in [2.75, 3.05) is 0 Å². The molecular weight excluding hydrogens is 296 g/mol. The van der Waals surface area contributed by atoms with Gasteiger partial charge in [0.2, 0.25) is 0 Å². The van der Waals surface area contributed by atoms with Gasteiger partial charge in [0.25, 0.3) is 0 Å². The van der Waals surface area contributed by atoms with Gasteiger partial charge in [-0.1, -0.05) is 13.0 Å². The van der Waals surface area contributed by atoms with Gasteiger partial charge in [-0.05, 0) is 25.0 Å². The summed E-state index contributed by atoms with van der Waals surface area (Å²) in [5, 5.41) is 21.6. The van der Waals surface area contributed by atoms with Crippen LogP contribution in [0.5, 0.6) is 0 Å². The van der Waals surface area contributed by atoms with Crippen molar-refractivity contribution < 1.29 is 5.11 Å². The van der Waals surface area contributed by atoms with Gasteiger partial charge in [-0.3, -0.25) is 10.4 Å². The highest BCUT2D eigenvalue weighted by atomic mass is 32.1. The Morgan fingerprint density at radius 2 is 2.27 bits per heavy atom. The normalized spacial score (nSPS) is 18.4. The number of hydrogen-bond donors (Lipinski definition) is 2. The second kappa shape index (κ2) is 5.88. The molecule has 1 aliphatic rings. The van der Waals surface area contributed by atoms with Crippen LogP contribution in [0.1, 0.15) is 30.1 Å². The molecule has 0 aromatic carbocycles. The maximum atomic E-state index is 10.5. The van der Waals surface area contributed by atoms with Crippen molar-refractivity contribution in [2.24, 2.45) is 0 Å². The van der Waals surface area contributed by atoms with Crippen LogP contribution >= 0.6 is 11.3 Å². The first-order valence-electron chi connectivity index (χ1n) is 7.24. The van der Waals surface area contributed by atoms with Crippen LogP contribution in [0.2, 0.25) is 0 Å². The zero-order valence-electron chi connectivity index (χ0n) is 12.6. The van der Waals surface area contributed by atoms with Crippen LogP contribution in [0.25, 0.3) is 5.57 Å². The van der Waals surface area contributed by atoms with Crippen molar-refractivity contribution in [3.8, 4) is 0 Å². The molecule has 1 atom stereocenters. The molecule has 0 radical (unpaired) electrons. The summed E-state index contributed by atoms with van der Waals surface area (Å²) in [6.45, 7) is 4.50. The number of nitrogens with zero attached hydrogens (tertiary/aromatic N) is 3. The minimum Gasteiger partial charge on any atom is -0.509 e. The van der Waals surface area contributed by atoms with Gasteiger partial charge in [-0.2, -0.15) is 0 Å². The summed E-state index contributed by atoms with van der Waals surface area (Å²) in [5.41, 5.74) is 2.56. The molecule has 0 fully saturated rings. The predicted molar refractivity (Wildman–Crippen MR) is 88.0 cm³/mol. The van der Waals surface area contributed by atoms with Crippen molar-refractivity contribution in [1.82, 2.24) is 14.9 Å². The average molecular weight is 314 g/mol. The number of rotatable bonds is 4. The Bertz CT molecular complexity index is 723. The largest absolute Gasteiger partial charge is 0.509 e. The minimum absolute atomic E-state index is 0.225. The predicted octanol–water partition coefficient (Wildman–Crippen LogP) is 3.25. The fraction of sp³-hybridized carbons (Fsp3) is 0.312. The monoisotopic (exact) mass is 314 g/mol. The summed E-state index contributed by atoms with van der Waals surface area (Å²) in [7, 11) is 0. The summed E-state index contributed by atoms with van der Waals surface area (Å²) in [6.07, 6.45) is 4.37. The second-order valence-corrected chi connectivity index (χ2v) is 6.13. The van der Waals surface area contributed by atoms with E-state index in [2.05, 4.69) is 9.97 Å². The van der Waals surface area contributed by atoms with Crippen molar-refractivity contribution in [2.45, 2.75) is 32.9 Å². The molecule has 1 aliphatic heterocycles. The van der Waals surface area contributed by atoms with Crippen LogP contribution in [0.4, 0.5) is 0 Å². The van der Waals surface area contributed by atoms with Gasteiger partial charge >= 0.3 is 0 Å². The maximum Gasteiger partial charge on any atom is 0.135 e. The molecule has 6 heteroatoms. The quantitative estimate of drug-likeness (QED) is 0.908. The van der Waals surface area contributed by atoms with Gasteiger partial charge in [-0.15, -0.1) is 11.3 Å². The lowest BCUT2D eigenvalue weighted by Crippen LogP contribution is -2.32. The summed E-state index contributed by atoms with van der Waals surface area (Å²) in [4.78, 5) is 10.5. The Hall–Kier alpha value is -2.21. The minimum atomic E-state index is -0.225. The first kappa shape index (κ1) is 14.7. The van der Waals surface area contributed by atoms with Crippen molar-refractivity contribution in [3.63, 3.8) is 0 Å². The van der Waals surface area contributed by atoms with Gasteiger partial charge in [0.05, 0.1) is 17.3 Å². The Morgan fingerprint density at radius 3 is 2.91 bits per heavy atom. The molecule has 5 nitrogen and oxygen atoms in total. The number of pyridine rings is 1. The highest BCUT2D eigenvalue weighted by Gasteiger charge is 2.36.